The van der Waals surface area contributed by atoms with E-state index >= 15 is 0 Å². The van der Waals surface area contributed by atoms with Crippen LogP contribution in [0.4, 0.5) is 0 Å². The van der Waals surface area contributed by atoms with Crippen molar-refractivity contribution in [3.05, 3.63) is 30.4 Å². The molecule has 0 radical (unpaired) electrons. The second kappa shape index (κ2) is 5.71. The second-order valence-corrected chi connectivity index (χ2v) is 5.60. The topological polar surface area (TPSA) is 55.1 Å². The summed E-state index contributed by atoms with van der Waals surface area (Å²) in [4.78, 5) is 11.0. The van der Waals surface area contributed by atoms with Crippen LogP contribution < -0.4 is 0 Å². The molecule has 1 fully saturated rings. The van der Waals surface area contributed by atoms with Gasteiger partial charge < -0.3 is 9.42 Å². The van der Waals surface area contributed by atoms with Crippen molar-refractivity contribution in [3.8, 4) is 11.4 Å². The van der Waals surface area contributed by atoms with Gasteiger partial charge in [0, 0.05) is 29.9 Å². The van der Waals surface area contributed by atoms with Crippen LogP contribution in [0.15, 0.2) is 29.0 Å². The van der Waals surface area contributed by atoms with Crippen molar-refractivity contribution < 1.29 is 4.52 Å². The third kappa shape index (κ3) is 2.72. The highest BCUT2D eigenvalue weighted by Gasteiger charge is 2.26. The molecule has 0 N–H and O–H groups in total. The Morgan fingerprint density at radius 3 is 2.55 bits per heavy atom. The maximum atomic E-state index is 5.45. The molecule has 20 heavy (non-hydrogen) atoms. The first-order valence-corrected chi connectivity index (χ1v) is 7.22. The SMILES string of the molecule is CC(C)N1CCC(c2nc(-c3ccncc3)no2)CC1. The van der Waals surface area contributed by atoms with Crippen molar-refractivity contribution in [1.29, 1.82) is 0 Å². The van der Waals surface area contributed by atoms with E-state index in [9.17, 15) is 0 Å². The number of piperidine rings is 1. The third-order valence-electron chi connectivity index (χ3n) is 3.99. The lowest BCUT2D eigenvalue weighted by molar-refractivity contribution is 0.160. The third-order valence-corrected chi connectivity index (χ3v) is 3.99. The molecule has 1 saturated heterocycles. The van der Waals surface area contributed by atoms with E-state index in [1.54, 1.807) is 12.4 Å². The molecule has 0 bridgehead atoms. The molecular formula is C15H20N4O. The highest BCUT2D eigenvalue weighted by molar-refractivity contribution is 5.52. The van der Waals surface area contributed by atoms with E-state index in [1.165, 1.54) is 0 Å². The molecule has 3 heterocycles. The first-order chi connectivity index (χ1) is 9.74. The minimum Gasteiger partial charge on any atom is -0.339 e. The van der Waals surface area contributed by atoms with E-state index in [4.69, 9.17) is 4.52 Å². The normalized spacial score (nSPS) is 17.8. The Labute approximate surface area is 119 Å². The molecule has 2 aromatic rings. The van der Waals surface area contributed by atoms with Crippen molar-refractivity contribution in [1.82, 2.24) is 20.0 Å². The number of likely N-dealkylation sites (tertiary alicyclic amines) is 1. The van der Waals surface area contributed by atoms with Gasteiger partial charge in [0.05, 0.1) is 0 Å². The average Bonchev–Trinajstić information content (AvgIpc) is 2.98. The Bertz CT molecular complexity index is 544. The molecule has 0 aromatic carbocycles. The molecule has 5 heteroatoms. The molecule has 0 amide bonds. The number of pyridine rings is 1. The fraction of sp³-hybridized carbons (Fsp3) is 0.533. The molecule has 5 nitrogen and oxygen atoms in total. The van der Waals surface area contributed by atoms with E-state index in [0.29, 0.717) is 17.8 Å². The zero-order valence-electron chi connectivity index (χ0n) is 12.0. The maximum Gasteiger partial charge on any atom is 0.230 e. The minimum atomic E-state index is 0.396. The fourth-order valence-electron chi connectivity index (χ4n) is 2.68. The van der Waals surface area contributed by atoms with Crippen molar-refractivity contribution in [3.63, 3.8) is 0 Å². The van der Waals surface area contributed by atoms with Gasteiger partial charge in [-0.05, 0) is 51.9 Å². The van der Waals surface area contributed by atoms with Gasteiger partial charge in [0.1, 0.15) is 0 Å². The Balaban J connectivity index is 1.69. The summed E-state index contributed by atoms with van der Waals surface area (Å²) in [5.74, 6) is 1.84. The van der Waals surface area contributed by atoms with Crippen LogP contribution in [0.3, 0.4) is 0 Å². The molecule has 0 saturated carbocycles. The Morgan fingerprint density at radius 1 is 1.20 bits per heavy atom. The Morgan fingerprint density at radius 2 is 1.90 bits per heavy atom. The van der Waals surface area contributed by atoms with Crippen LogP contribution >= 0.6 is 0 Å². The average molecular weight is 272 g/mol. The highest BCUT2D eigenvalue weighted by atomic mass is 16.5. The second-order valence-electron chi connectivity index (χ2n) is 5.60. The Hall–Kier alpha value is -1.75. The van der Waals surface area contributed by atoms with Crippen LogP contribution in [0.2, 0.25) is 0 Å². The molecule has 0 atom stereocenters. The predicted molar refractivity (Wildman–Crippen MR) is 76.2 cm³/mol. The summed E-state index contributed by atoms with van der Waals surface area (Å²) >= 11 is 0. The van der Waals surface area contributed by atoms with Crippen LogP contribution in [0.25, 0.3) is 11.4 Å². The van der Waals surface area contributed by atoms with Crippen LogP contribution in [0.5, 0.6) is 0 Å². The van der Waals surface area contributed by atoms with E-state index in [0.717, 1.165) is 37.4 Å². The molecular weight excluding hydrogens is 252 g/mol. The van der Waals surface area contributed by atoms with Crippen molar-refractivity contribution in [2.75, 3.05) is 13.1 Å². The maximum absolute atomic E-state index is 5.45. The minimum absolute atomic E-state index is 0.396. The molecule has 1 aliphatic rings. The van der Waals surface area contributed by atoms with Crippen molar-refractivity contribution in [2.45, 2.75) is 38.6 Å². The van der Waals surface area contributed by atoms with Gasteiger partial charge in [0.15, 0.2) is 0 Å². The summed E-state index contributed by atoms with van der Waals surface area (Å²) in [6.45, 7) is 6.70. The molecule has 0 spiro atoms. The quantitative estimate of drug-likeness (QED) is 0.860. The molecule has 2 aromatic heterocycles. The first kappa shape index (κ1) is 13.2. The molecule has 0 unspecified atom stereocenters. The number of rotatable bonds is 3. The predicted octanol–water partition coefficient (Wildman–Crippen LogP) is 2.72. The summed E-state index contributed by atoms with van der Waals surface area (Å²) in [6, 6.07) is 4.41. The lowest BCUT2D eigenvalue weighted by atomic mass is 9.96. The van der Waals surface area contributed by atoms with Crippen molar-refractivity contribution >= 4 is 0 Å². The van der Waals surface area contributed by atoms with Crippen molar-refractivity contribution in [2.24, 2.45) is 0 Å². The molecule has 3 rings (SSSR count). The van der Waals surface area contributed by atoms with Gasteiger partial charge in [-0.2, -0.15) is 4.98 Å². The summed E-state index contributed by atoms with van der Waals surface area (Å²) < 4.78 is 5.45. The summed E-state index contributed by atoms with van der Waals surface area (Å²) in [5.41, 5.74) is 0.953. The largest absolute Gasteiger partial charge is 0.339 e. The van der Waals surface area contributed by atoms with Gasteiger partial charge in [-0.1, -0.05) is 5.16 Å². The van der Waals surface area contributed by atoms with Gasteiger partial charge in [-0.3, -0.25) is 4.98 Å². The van der Waals surface area contributed by atoms with Gasteiger partial charge in [-0.25, -0.2) is 0 Å². The molecule has 106 valence electrons. The Kier molecular flexibility index (Phi) is 3.78. The van der Waals surface area contributed by atoms with Gasteiger partial charge in [-0.15, -0.1) is 0 Å². The molecule has 1 aliphatic heterocycles. The lowest BCUT2D eigenvalue weighted by Crippen LogP contribution is -2.37. The first-order valence-electron chi connectivity index (χ1n) is 7.22. The lowest BCUT2D eigenvalue weighted by Gasteiger charge is -2.33. The van der Waals surface area contributed by atoms with Crippen LogP contribution in [0, 0.1) is 0 Å². The number of nitrogens with zero attached hydrogens (tertiary/aromatic N) is 4. The monoisotopic (exact) mass is 272 g/mol. The summed E-state index contributed by atoms with van der Waals surface area (Å²) in [7, 11) is 0. The van der Waals surface area contributed by atoms with Crippen LogP contribution in [0.1, 0.15) is 38.5 Å². The summed E-state index contributed by atoms with van der Waals surface area (Å²) in [6.07, 6.45) is 5.67. The number of hydrogen-bond donors (Lipinski definition) is 0. The van der Waals surface area contributed by atoms with Gasteiger partial charge >= 0.3 is 0 Å². The molecule has 0 aliphatic carbocycles. The zero-order chi connectivity index (χ0) is 13.9. The number of aromatic nitrogens is 3. The van der Waals surface area contributed by atoms with Gasteiger partial charge in [0.25, 0.3) is 0 Å². The van der Waals surface area contributed by atoms with E-state index in [1.807, 2.05) is 12.1 Å². The number of hydrogen-bond acceptors (Lipinski definition) is 5. The van der Waals surface area contributed by atoms with E-state index in [-0.39, 0.29) is 0 Å². The van der Waals surface area contributed by atoms with E-state index in [2.05, 4.69) is 33.9 Å². The smallest absolute Gasteiger partial charge is 0.230 e. The van der Waals surface area contributed by atoms with E-state index < -0.39 is 0 Å². The zero-order valence-corrected chi connectivity index (χ0v) is 12.0. The van der Waals surface area contributed by atoms with Crippen LogP contribution in [-0.2, 0) is 0 Å². The fourth-order valence-corrected chi connectivity index (χ4v) is 2.68. The van der Waals surface area contributed by atoms with Crippen LogP contribution in [-0.4, -0.2) is 39.2 Å². The summed E-state index contributed by atoms with van der Waals surface area (Å²) in [5, 5.41) is 4.09. The van der Waals surface area contributed by atoms with Gasteiger partial charge in [0.2, 0.25) is 11.7 Å². The standard InChI is InChI=1S/C15H20N4O/c1-11(2)19-9-5-13(6-10-19)15-17-14(18-20-15)12-3-7-16-8-4-12/h3-4,7-8,11,13H,5-6,9-10H2,1-2H3. The highest BCUT2D eigenvalue weighted by Crippen LogP contribution is 2.28.